The third-order valence-electron chi connectivity index (χ3n) is 10.1. The highest BCUT2D eigenvalue weighted by atomic mass is 16.5. The zero-order valence-electron chi connectivity index (χ0n) is 21.6. The molecule has 0 aromatic heterocycles. The van der Waals surface area contributed by atoms with Gasteiger partial charge in [0.1, 0.15) is 11.9 Å². The summed E-state index contributed by atoms with van der Waals surface area (Å²) in [5, 5.41) is 0. The number of hydrogen-bond acceptors (Lipinski definition) is 2. The molecule has 6 unspecified atom stereocenters. The van der Waals surface area contributed by atoms with Crippen molar-refractivity contribution in [2.75, 3.05) is 6.54 Å². The van der Waals surface area contributed by atoms with E-state index >= 15 is 0 Å². The first-order valence-corrected chi connectivity index (χ1v) is 14.0. The zero-order valence-corrected chi connectivity index (χ0v) is 21.6. The van der Waals surface area contributed by atoms with E-state index in [1.807, 2.05) is 0 Å². The molecule has 35 heavy (non-hydrogen) atoms. The van der Waals surface area contributed by atoms with Gasteiger partial charge in [-0.05, 0) is 66.6 Å². The minimum Gasteiger partial charge on any atom is -0.484 e. The first-order valence-electron chi connectivity index (χ1n) is 14.0. The Morgan fingerprint density at radius 3 is 2.77 bits per heavy atom. The van der Waals surface area contributed by atoms with E-state index in [4.69, 9.17) is 11.3 Å². The molecule has 0 spiro atoms. The van der Waals surface area contributed by atoms with Crippen molar-refractivity contribution < 1.29 is 4.74 Å². The second kappa shape index (κ2) is 8.10. The van der Waals surface area contributed by atoms with Crippen LogP contribution in [0.5, 0.6) is 5.75 Å². The van der Waals surface area contributed by atoms with Crippen LogP contribution in [0, 0.1) is 23.7 Å². The lowest BCUT2D eigenvalue weighted by Crippen LogP contribution is -2.33. The minimum atomic E-state index is 0.0881. The average molecular weight is 466 g/mol. The van der Waals surface area contributed by atoms with E-state index in [9.17, 15) is 0 Å². The van der Waals surface area contributed by atoms with Crippen LogP contribution in [-0.4, -0.2) is 17.5 Å². The van der Waals surface area contributed by atoms with E-state index in [-0.39, 0.29) is 6.10 Å². The molecule has 0 fully saturated rings. The van der Waals surface area contributed by atoms with Crippen molar-refractivity contribution in [2.24, 2.45) is 23.7 Å². The van der Waals surface area contributed by atoms with E-state index in [0.29, 0.717) is 35.6 Å². The van der Waals surface area contributed by atoms with Gasteiger partial charge in [0, 0.05) is 36.1 Å². The first kappa shape index (κ1) is 21.9. The van der Waals surface area contributed by atoms with Gasteiger partial charge in [-0.15, -0.1) is 0 Å². The highest BCUT2D eigenvalue weighted by Gasteiger charge is 2.46. The summed E-state index contributed by atoms with van der Waals surface area (Å²) < 4.78 is 6.94. The first-order chi connectivity index (χ1) is 17.0. The predicted molar refractivity (Wildman–Crippen MR) is 143 cm³/mol. The molecule has 6 aliphatic rings. The summed E-state index contributed by atoms with van der Waals surface area (Å²) in [4.78, 5) is 2.64. The molecule has 3 heterocycles. The number of fused-ring (bicyclic) bond motifs is 7. The molecule has 0 saturated carbocycles. The SMILES string of the molecule is C=C1C(C2CCCC3=C2CCC=C3)C=CC2c3ccc4c(c3OC12)C1C=C(C(C)C(C)C)CN1C4. The van der Waals surface area contributed by atoms with Gasteiger partial charge in [-0.1, -0.05) is 81.0 Å². The summed E-state index contributed by atoms with van der Waals surface area (Å²) >= 11 is 0. The lowest BCUT2D eigenvalue weighted by molar-refractivity contribution is 0.223. The van der Waals surface area contributed by atoms with Crippen molar-refractivity contribution in [3.05, 3.63) is 88.1 Å². The quantitative estimate of drug-likeness (QED) is 0.422. The number of benzene rings is 1. The standard InChI is InChI=1S/C33H39NO/c1-19(2)20(3)24-16-30-31-23(17-34(30)18-24)12-13-29-28-15-14-25(21(4)32(28)35-33(29)31)27-11-7-9-22-8-5-6-10-26(22)27/h5,8,12-16,19-20,25,27-28,30,32H,4,6-7,9-11,17-18H2,1-3H3. The Morgan fingerprint density at radius 1 is 1.06 bits per heavy atom. The molecular weight excluding hydrogens is 426 g/mol. The van der Waals surface area contributed by atoms with Crippen LogP contribution in [0.15, 0.2) is 71.4 Å². The van der Waals surface area contributed by atoms with Gasteiger partial charge in [-0.2, -0.15) is 0 Å². The van der Waals surface area contributed by atoms with Gasteiger partial charge in [0.25, 0.3) is 0 Å². The van der Waals surface area contributed by atoms with Crippen molar-refractivity contribution in [3.8, 4) is 5.75 Å². The number of rotatable bonds is 3. The molecule has 0 bridgehead atoms. The Balaban J connectivity index is 1.20. The maximum atomic E-state index is 6.94. The van der Waals surface area contributed by atoms with Crippen molar-refractivity contribution in [3.63, 3.8) is 0 Å². The topological polar surface area (TPSA) is 12.5 Å². The molecule has 2 nitrogen and oxygen atoms in total. The van der Waals surface area contributed by atoms with Crippen molar-refractivity contribution in [1.82, 2.24) is 4.90 Å². The summed E-state index contributed by atoms with van der Waals surface area (Å²) in [5.41, 5.74) is 10.5. The Labute approximate surface area is 211 Å². The Bertz CT molecular complexity index is 1210. The molecule has 0 saturated heterocycles. The molecule has 1 aromatic carbocycles. The molecule has 0 amide bonds. The largest absolute Gasteiger partial charge is 0.484 e. The molecule has 3 aliphatic carbocycles. The molecule has 1 aromatic rings. The second-order valence-corrected chi connectivity index (χ2v) is 12.2. The molecule has 0 N–H and O–H groups in total. The third-order valence-corrected chi connectivity index (χ3v) is 10.1. The smallest absolute Gasteiger partial charge is 0.131 e. The second-order valence-electron chi connectivity index (χ2n) is 12.2. The normalized spacial score (nSPS) is 33.8. The Kier molecular flexibility index (Phi) is 5.07. The van der Waals surface area contributed by atoms with Crippen molar-refractivity contribution in [1.29, 1.82) is 0 Å². The maximum absolute atomic E-state index is 6.94. The van der Waals surface area contributed by atoms with Crippen LogP contribution in [-0.2, 0) is 6.54 Å². The highest BCUT2D eigenvalue weighted by Crippen LogP contribution is 2.55. The van der Waals surface area contributed by atoms with Gasteiger partial charge in [-0.3, -0.25) is 4.90 Å². The molecule has 7 rings (SSSR count). The lowest BCUT2D eigenvalue weighted by atomic mass is 9.67. The van der Waals surface area contributed by atoms with Gasteiger partial charge < -0.3 is 4.74 Å². The van der Waals surface area contributed by atoms with Gasteiger partial charge in [-0.25, -0.2) is 0 Å². The summed E-state index contributed by atoms with van der Waals surface area (Å²) in [6.07, 6.45) is 18.7. The van der Waals surface area contributed by atoms with Crippen LogP contribution in [0.4, 0.5) is 0 Å². The molecule has 3 aliphatic heterocycles. The molecule has 182 valence electrons. The minimum absolute atomic E-state index is 0.0881. The van der Waals surface area contributed by atoms with Crippen LogP contribution in [0.3, 0.4) is 0 Å². The van der Waals surface area contributed by atoms with Gasteiger partial charge in [0.2, 0.25) is 0 Å². The van der Waals surface area contributed by atoms with Gasteiger partial charge in [0.05, 0.1) is 6.04 Å². The third kappa shape index (κ3) is 3.25. The fourth-order valence-electron chi connectivity index (χ4n) is 7.87. The van der Waals surface area contributed by atoms with Crippen molar-refractivity contribution >= 4 is 0 Å². The Morgan fingerprint density at radius 2 is 1.91 bits per heavy atom. The van der Waals surface area contributed by atoms with E-state index in [1.165, 1.54) is 60.1 Å². The molecular formula is C33H39NO. The maximum Gasteiger partial charge on any atom is 0.131 e. The van der Waals surface area contributed by atoms with Gasteiger partial charge in [0.15, 0.2) is 0 Å². The Hall–Kier alpha value is -2.32. The van der Waals surface area contributed by atoms with E-state index in [2.05, 4.69) is 68.2 Å². The summed E-state index contributed by atoms with van der Waals surface area (Å²) in [7, 11) is 0. The number of hydrogen-bond donors (Lipinski definition) is 0. The predicted octanol–water partition coefficient (Wildman–Crippen LogP) is 7.81. The van der Waals surface area contributed by atoms with Crippen LogP contribution < -0.4 is 4.74 Å². The molecule has 2 heteroatoms. The van der Waals surface area contributed by atoms with E-state index < -0.39 is 0 Å². The number of ether oxygens (including phenoxy) is 1. The van der Waals surface area contributed by atoms with E-state index in [0.717, 1.165) is 13.1 Å². The van der Waals surface area contributed by atoms with Crippen LogP contribution in [0.2, 0.25) is 0 Å². The average Bonchev–Trinajstić information content (AvgIpc) is 3.54. The van der Waals surface area contributed by atoms with Crippen molar-refractivity contribution in [2.45, 2.75) is 77.5 Å². The molecule has 6 atom stereocenters. The van der Waals surface area contributed by atoms with E-state index in [1.54, 1.807) is 16.7 Å². The summed E-state index contributed by atoms with van der Waals surface area (Å²) in [6, 6.07) is 5.12. The summed E-state index contributed by atoms with van der Waals surface area (Å²) in [5.74, 6) is 3.83. The van der Waals surface area contributed by atoms with Crippen LogP contribution in [0.25, 0.3) is 0 Å². The van der Waals surface area contributed by atoms with Crippen LogP contribution >= 0.6 is 0 Å². The molecule has 0 radical (unpaired) electrons. The lowest BCUT2D eigenvalue weighted by Gasteiger charge is -2.39. The number of nitrogens with zero attached hydrogens (tertiary/aromatic N) is 1. The van der Waals surface area contributed by atoms with Gasteiger partial charge >= 0.3 is 0 Å². The summed E-state index contributed by atoms with van der Waals surface area (Å²) in [6.45, 7) is 13.9. The number of allylic oxidation sites excluding steroid dienone is 5. The highest BCUT2D eigenvalue weighted by molar-refractivity contribution is 5.59. The monoisotopic (exact) mass is 465 g/mol. The fraction of sp³-hybridized carbons (Fsp3) is 0.515. The van der Waals surface area contributed by atoms with Crippen LogP contribution in [0.1, 0.15) is 81.5 Å². The fourth-order valence-corrected chi connectivity index (χ4v) is 7.87. The zero-order chi connectivity index (χ0) is 23.8.